The van der Waals surface area contributed by atoms with Crippen molar-refractivity contribution in [3.8, 4) is 0 Å². The molecule has 88 valence electrons. The van der Waals surface area contributed by atoms with Gasteiger partial charge < -0.3 is 14.7 Å². The number of carbonyl (C=O) groups excluding carboxylic acids is 1. The van der Waals surface area contributed by atoms with E-state index in [0.717, 1.165) is 10.6 Å². The molecule has 1 fully saturated rings. The van der Waals surface area contributed by atoms with Gasteiger partial charge in [-0.3, -0.25) is 4.79 Å². The second-order valence-electron chi connectivity index (χ2n) is 4.20. The van der Waals surface area contributed by atoms with Gasteiger partial charge in [-0.1, -0.05) is 0 Å². The summed E-state index contributed by atoms with van der Waals surface area (Å²) >= 11 is 1.53. The van der Waals surface area contributed by atoms with Crippen molar-refractivity contribution in [2.75, 3.05) is 31.8 Å². The molecule has 1 aliphatic heterocycles. The lowest BCUT2D eigenvalue weighted by Crippen LogP contribution is -2.56. The molecule has 5 heteroatoms. The van der Waals surface area contributed by atoms with Gasteiger partial charge in [-0.15, -0.1) is 11.3 Å². The Labute approximate surface area is 98.4 Å². The summed E-state index contributed by atoms with van der Waals surface area (Å²) in [5.74, 6) is -0.0631. The normalized spacial score (nSPS) is 17.9. The zero-order valence-corrected chi connectivity index (χ0v) is 10.2. The van der Waals surface area contributed by atoms with Gasteiger partial charge in [0.05, 0.1) is 19.8 Å². The Morgan fingerprint density at radius 2 is 2.38 bits per heavy atom. The maximum absolute atomic E-state index is 12.2. The molecular formula is C11H15NO3S. The summed E-state index contributed by atoms with van der Waals surface area (Å²) in [4.78, 5) is 13.8. The molecule has 2 heterocycles. The number of rotatable bonds is 3. The zero-order valence-electron chi connectivity index (χ0n) is 9.40. The molecule has 1 aromatic rings. The van der Waals surface area contributed by atoms with Crippen LogP contribution in [0.4, 0.5) is 5.00 Å². The fourth-order valence-corrected chi connectivity index (χ4v) is 2.68. The number of amides is 1. The van der Waals surface area contributed by atoms with Crippen LogP contribution in [0.3, 0.4) is 0 Å². The summed E-state index contributed by atoms with van der Waals surface area (Å²) in [6.07, 6.45) is 0. The summed E-state index contributed by atoms with van der Waals surface area (Å²) < 4.78 is 5.04. The Balaban J connectivity index is 2.19. The van der Waals surface area contributed by atoms with Gasteiger partial charge in [0.15, 0.2) is 0 Å². The number of aryl methyl sites for hydroxylation is 1. The van der Waals surface area contributed by atoms with Crippen LogP contribution < -0.4 is 4.90 Å². The molecule has 1 amide bonds. The average Bonchev–Trinajstić information content (AvgIpc) is 2.62. The number of hydrogen-bond donors (Lipinski definition) is 1. The highest BCUT2D eigenvalue weighted by molar-refractivity contribution is 7.14. The maximum Gasteiger partial charge on any atom is 0.240 e. The Kier molecular flexibility index (Phi) is 3.01. The maximum atomic E-state index is 12.2. The highest BCUT2D eigenvalue weighted by atomic mass is 32.1. The second-order valence-corrected chi connectivity index (χ2v) is 5.10. The Morgan fingerprint density at radius 3 is 2.75 bits per heavy atom. The third-order valence-electron chi connectivity index (χ3n) is 2.96. The number of thiophene rings is 1. The van der Waals surface area contributed by atoms with Gasteiger partial charge in [0.2, 0.25) is 5.91 Å². The van der Waals surface area contributed by atoms with E-state index in [2.05, 4.69) is 0 Å². The standard InChI is InChI=1S/C11H15NO3S/c1-8-3-4-16-9(8)12(2)10(14)11(5-13)6-15-7-11/h3-4,13H,5-7H2,1-2H3. The predicted molar refractivity (Wildman–Crippen MR) is 62.8 cm³/mol. The Morgan fingerprint density at radius 1 is 1.69 bits per heavy atom. The topological polar surface area (TPSA) is 49.8 Å². The molecule has 1 aliphatic rings. The predicted octanol–water partition coefficient (Wildman–Crippen LogP) is 1.03. The third-order valence-corrected chi connectivity index (χ3v) is 4.05. The van der Waals surface area contributed by atoms with E-state index in [1.807, 2.05) is 18.4 Å². The first-order valence-electron chi connectivity index (χ1n) is 5.11. The molecule has 0 unspecified atom stereocenters. The van der Waals surface area contributed by atoms with E-state index < -0.39 is 5.41 Å². The number of anilines is 1. The van der Waals surface area contributed by atoms with Crippen LogP contribution in [0.25, 0.3) is 0 Å². The zero-order chi connectivity index (χ0) is 11.8. The van der Waals surface area contributed by atoms with Gasteiger partial charge in [0.1, 0.15) is 10.4 Å². The van der Waals surface area contributed by atoms with Crippen LogP contribution in [-0.2, 0) is 9.53 Å². The third kappa shape index (κ3) is 1.65. The molecule has 2 rings (SSSR count). The minimum atomic E-state index is -0.717. The fourth-order valence-electron chi connectivity index (χ4n) is 1.79. The molecule has 1 aromatic heterocycles. The lowest BCUT2D eigenvalue weighted by Gasteiger charge is -2.40. The summed E-state index contributed by atoms with van der Waals surface area (Å²) in [7, 11) is 1.75. The Hall–Kier alpha value is -0.910. The van der Waals surface area contributed by atoms with Crippen molar-refractivity contribution < 1.29 is 14.6 Å². The highest BCUT2D eigenvalue weighted by Gasteiger charge is 2.47. The minimum absolute atomic E-state index is 0.0631. The quantitative estimate of drug-likeness (QED) is 0.860. The van der Waals surface area contributed by atoms with Crippen LogP contribution in [0, 0.1) is 12.3 Å². The summed E-state index contributed by atoms with van der Waals surface area (Å²) in [6, 6.07) is 1.98. The van der Waals surface area contributed by atoms with Crippen molar-refractivity contribution in [3.63, 3.8) is 0 Å². The molecule has 1 N–H and O–H groups in total. The molecule has 0 aromatic carbocycles. The van der Waals surface area contributed by atoms with E-state index in [9.17, 15) is 9.90 Å². The molecule has 0 spiro atoms. The van der Waals surface area contributed by atoms with E-state index in [-0.39, 0.29) is 12.5 Å². The van der Waals surface area contributed by atoms with Crippen molar-refractivity contribution in [2.45, 2.75) is 6.92 Å². The van der Waals surface area contributed by atoms with Gasteiger partial charge >= 0.3 is 0 Å². The van der Waals surface area contributed by atoms with E-state index in [1.54, 1.807) is 11.9 Å². The van der Waals surface area contributed by atoms with Crippen molar-refractivity contribution in [3.05, 3.63) is 17.0 Å². The molecule has 4 nitrogen and oxygen atoms in total. The van der Waals surface area contributed by atoms with Gasteiger partial charge in [-0.25, -0.2) is 0 Å². The molecule has 0 radical (unpaired) electrons. The summed E-state index contributed by atoms with van der Waals surface area (Å²) in [6.45, 7) is 2.45. The monoisotopic (exact) mass is 241 g/mol. The number of hydrogen-bond acceptors (Lipinski definition) is 4. The van der Waals surface area contributed by atoms with Crippen LogP contribution in [0.1, 0.15) is 5.56 Å². The average molecular weight is 241 g/mol. The molecule has 0 bridgehead atoms. The van der Waals surface area contributed by atoms with Gasteiger partial charge in [0.25, 0.3) is 0 Å². The second kappa shape index (κ2) is 4.16. The Bertz CT molecular complexity index is 392. The highest BCUT2D eigenvalue weighted by Crippen LogP contribution is 2.33. The lowest BCUT2D eigenvalue weighted by atomic mass is 9.85. The van der Waals surface area contributed by atoms with E-state index >= 15 is 0 Å². The van der Waals surface area contributed by atoms with Crippen LogP contribution in [0.2, 0.25) is 0 Å². The van der Waals surface area contributed by atoms with E-state index in [1.165, 1.54) is 11.3 Å². The number of aliphatic hydroxyl groups excluding tert-OH is 1. The molecule has 16 heavy (non-hydrogen) atoms. The van der Waals surface area contributed by atoms with Crippen molar-refractivity contribution in [1.29, 1.82) is 0 Å². The summed E-state index contributed by atoms with van der Waals surface area (Å²) in [5, 5.41) is 12.2. The number of carbonyl (C=O) groups is 1. The molecule has 0 saturated carbocycles. The first-order valence-corrected chi connectivity index (χ1v) is 5.99. The van der Waals surface area contributed by atoms with Crippen LogP contribution in [-0.4, -0.2) is 37.9 Å². The lowest BCUT2D eigenvalue weighted by molar-refractivity contribution is -0.166. The van der Waals surface area contributed by atoms with Crippen LogP contribution >= 0.6 is 11.3 Å². The first kappa shape index (κ1) is 11.6. The van der Waals surface area contributed by atoms with Crippen molar-refractivity contribution in [2.24, 2.45) is 5.41 Å². The smallest absolute Gasteiger partial charge is 0.240 e. The largest absolute Gasteiger partial charge is 0.395 e. The fraction of sp³-hybridized carbons (Fsp3) is 0.545. The van der Waals surface area contributed by atoms with Crippen LogP contribution in [0.5, 0.6) is 0 Å². The van der Waals surface area contributed by atoms with Crippen molar-refractivity contribution in [1.82, 2.24) is 0 Å². The minimum Gasteiger partial charge on any atom is -0.395 e. The molecular weight excluding hydrogens is 226 g/mol. The van der Waals surface area contributed by atoms with Gasteiger partial charge in [-0.05, 0) is 23.9 Å². The van der Waals surface area contributed by atoms with E-state index in [0.29, 0.717) is 13.2 Å². The number of ether oxygens (including phenoxy) is 1. The number of aliphatic hydroxyl groups is 1. The molecule has 0 aliphatic carbocycles. The van der Waals surface area contributed by atoms with Gasteiger partial charge in [-0.2, -0.15) is 0 Å². The number of nitrogens with zero attached hydrogens (tertiary/aromatic N) is 1. The van der Waals surface area contributed by atoms with Crippen molar-refractivity contribution >= 4 is 22.2 Å². The van der Waals surface area contributed by atoms with Crippen LogP contribution in [0.15, 0.2) is 11.4 Å². The van der Waals surface area contributed by atoms with E-state index in [4.69, 9.17) is 4.74 Å². The molecule has 1 saturated heterocycles. The van der Waals surface area contributed by atoms with Gasteiger partial charge in [0, 0.05) is 7.05 Å². The first-order chi connectivity index (χ1) is 7.60. The summed E-state index contributed by atoms with van der Waals surface area (Å²) in [5.41, 5.74) is 0.361. The SMILES string of the molecule is Cc1ccsc1N(C)C(=O)C1(CO)COC1. The molecule has 0 atom stereocenters.